The zero-order valence-electron chi connectivity index (χ0n) is 11.0. The molecule has 1 saturated carbocycles. The Morgan fingerprint density at radius 1 is 1.39 bits per heavy atom. The van der Waals surface area contributed by atoms with Gasteiger partial charge >= 0.3 is 0 Å². The maximum Gasteiger partial charge on any atom is 0.127 e. The lowest BCUT2D eigenvalue weighted by atomic mass is 9.74. The summed E-state index contributed by atoms with van der Waals surface area (Å²) in [6, 6.07) is 7.27. The van der Waals surface area contributed by atoms with Gasteiger partial charge in [-0.15, -0.1) is 0 Å². The highest BCUT2D eigenvalue weighted by Gasteiger charge is 2.38. The Balaban J connectivity index is 2.27. The highest BCUT2D eigenvalue weighted by molar-refractivity contribution is 5.50. The lowest BCUT2D eigenvalue weighted by Gasteiger charge is -2.38. The Bertz CT molecular complexity index is 458. The number of nitrogens with one attached hydrogen (secondary N) is 1. The molecule has 3 heteroatoms. The monoisotopic (exact) mass is 246 g/mol. The molecule has 0 aromatic heterocycles. The van der Waals surface area contributed by atoms with Crippen molar-refractivity contribution in [3.05, 3.63) is 29.6 Å². The molecule has 0 spiro atoms. The van der Waals surface area contributed by atoms with Crippen molar-refractivity contribution in [2.24, 2.45) is 5.92 Å². The van der Waals surface area contributed by atoms with Crippen LogP contribution in [0.2, 0.25) is 0 Å². The second-order valence-corrected chi connectivity index (χ2v) is 5.37. The highest BCUT2D eigenvalue weighted by Crippen LogP contribution is 2.36. The van der Waals surface area contributed by atoms with Crippen LogP contribution in [-0.2, 0) is 0 Å². The van der Waals surface area contributed by atoms with Crippen LogP contribution in [0.5, 0.6) is 0 Å². The molecule has 1 fully saturated rings. The van der Waals surface area contributed by atoms with Gasteiger partial charge in [0.2, 0.25) is 0 Å². The van der Waals surface area contributed by atoms with E-state index in [-0.39, 0.29) is 5.82 Å². The molecule has 0 amide bonds. The topological polar surface area (TPSA) is 35.8 Å². The van der Waals surface area contributed by atoms with Crippen molar-refractivity contribution in [1.82, 2.24) is 0 Å². The maximum absolute atomic E-state index is 13.4. The quantitative estimate of drug-likeness (QED) is 0.855. The van der Waals surface area contributed by atoms with Gasteiger partial charge in [0.1, 0.15) is 11.4 Å². The van der Waals surface area contributed by atoms with Crippen molar-refractivity contribution in [1.29, 1.82) is 5.26 Å². The van der Waals surface area contributed by atoms with Gasteiger partial charge in [0.05, 0.1) is 6.07 Å². The van der Waals surface area contributed by atoms with E-state index in [9.17, 15) is 9.65 Å². The smallest absolute Gasteiger partial charge is 0.127 e. The van der Waals surface area contributed by atoms with E-state index in [1.54, 1.807) is 0 Å². The van der Waals surface area contributed by atoms with Crippen molar-refractivity contribution < 1.29 is 4.39 Å². The van der Waals surface area contributed by atoms with E-state index in [2.05, 4.69) is 18.3 Å². The standard InChI is InChI=1S/C15H19FN2/c1-11-7-13(16)9-14(8-11)18-15(10-17)6-4-3-5-12(15)2/h7-9,12,18H,3-6H2,1-2H3. The van der Waals surface area contributed by atoms with Crippen LogP contribution in [0.3, 0.4) is 0 Å². The Hall–Kier alpha value is -1.56. The molecule has 1 aromatic carbocycles. The molecule has 18 heavy (non-hydrogen) atoms. The summed E-state index contributed by atoms with van der Waals surface area (Å²) in [4.78, 5) is 0. The van der Waals surface area contributed by atoms with Crippen molar-refractivity contribution in [3.8, 4) is 6.07 Å². The van der Waals surface area contributed by atoms with E-state index in [0.717, 1.165) is 24.8 Å². The van der Waals surface area contributed by atoms with Gasteiger partial charge in [0.25, 0.3) is 0 Å². The second kappa shape index (κ2) is 4.97. The molecule has 0 bridgehead atoms. The van der Waals surface area contributed by atoms with E-state index >= 15 is 0 Å². The zero-order chi connectivity index (χ0) is 13.2. The van der Waals surface area contributed by atoms with Gasteiger partial charge in [0, 0.05) is 5.69 Å². The van der Waals surface area contributed by atoms with Gasteiger partial charge < -0.3 is 5.32 Å². The SMILES string of the molecule is Cc1cc(F)cc(NC2(C#N)CCCCC2C)c1. The van der Waals surface area contributed by atoms with Crippen LogP contribution in [0.1, 0.15) is 38.2 Å². The molecule has 0 radical (unpaired) electrons. The largest absolute Gasteiger partial charge is 0.367 e. The number of anilines is 1. The summed E-state index contributed by atoms with van der Waals surface area (Å²) in [6.07, 6.45) is 4.11. The molecule has 96 valence electrons. The molecule has 1 aliphatic carbocycles. The first kappa shape index (κ1) is 12.9. The fourth-order valence-electron chi connectivity index (χ4n) is 2.79. The Morgan fingerprint density at radius 3 is 2.78 bits per heavy atom. The minimum Gasteiger partial charge on any atom is -0.367 e. The predicted molar refractivity (Wildman–Crippen MR) is 70.7 cm³/mol. The summed E-state index contributed by atoms with van der Waals surface area (Å²) in [6.45, 7) is 3.96. The van der Waals surface area contributed by atoms with Crippen molar-refractivity contribution >= 4 is 5.69 Å². The van der Waals surface area contributed by atoms with Gasteiger partial charge in [-0.25, -0.2) is 4.39 Å². The predicted octanol–water partition coefficient (Wildman–Crippen LogP) is 4.02. The minimum absolute atomic E-state index is 0.256. The fourth-order valence-corrected chi connectivity index (χ4v) is 2.79. The number of benzene rings is 1. The lowest BCUT2D eigenvalue weighted by Crippen LogP contribution is -2.45. The zero-order valence-corrected chi connectivity index (χ0v) is 11.0. The summed E-state index contributed by atoms with van der Waals surface area (Å²) in [5.41, 5.74) is 1.04. The first-order valence-electron chi connectivity index (χ1n) is 6.52. The third kappa shape index (κ3) is 2.48. The van der Waals surface area contributed by atoms with Crippen LogP contribution in [-0.4, -0.2) is 5.54 Å². The van der Waals surface area contributed by atoms with Gasteiger partial charge in [-0.3, -0.25) is 0 Å². The van der Waals surface area contributed by atoms with E-state index in [4.69, 9.17) is 0 Å². The summed E-state index contributed by atoms with van der Waals surface area (Å²) in [5, 5.41) is 12.8. The number of rotatable bonds is 2. The molecule has 2 unspecified atom stereocenters. The Labute approximate surface area is 108 Å². The normalized spacial score (nSPS) is 27.6. The van der Waals surface area contributed by atoms with Crippen molar-refractivity contribution in [2.75, 3.05) is 5.32 Å². The van der Waals surface area contributed by atoms with Gasteiger partial charge in [-0.1, -0.05) is 19.8 Å². The molecule has 2 atom stereocenters. The van der Waals surface area contributed by atoms with Crippen LogP contribution in [0.25, 0.3) is 0 Å². The van der Waals surface area contributed by atoms with Gasteiger partial charge in [0.15, 0.2) is 0 Å². The number of nitrogens with zero attached hydrogens (tertiary/aromatic N) is 1. The summed E-state index contributed by atoms with van der Waals surface area (Å²) < 4.78 is 13.4. The van der Waals surface area contributed by atoms with Gasteiger partial charge in [-0.2, -0.15) is 5.26 Å². The Kier molecular flexibility index (Phi) is 3.56. The second-order valence-electron chi connectivity index (χ2n) is 5.37. The van der Waals surface area contributed by atoms with Crippen LogP contribution in [0, 0.1) is 30.0 Å². The van der Waals surface area contributed by atoms with Crippen molar-refractivity contribution in [2.45, 2.75) is 45.1 Å². The maximum atomic E-state index is 13.4. The molecule has 1 aromatic rings. The molecular formula is C15H19FN2. The summed E-state index contributed by atoms with van der Waals surface area (Å²) >= 11 is 0. The number of nitriles is 1. The number of hydrogen-bond donors (Lipinski definition) is 1. The fraction of sp³-hybridized carbons (Fsp3) is 0.533. The first-order chi connectivity index (χ1) is 8.55. The number of hydrogen-bond acceptors (Lipinski definition) is 2. The third-order valence-corrected chi connectivity index (χ3v) is 3.91. The molecule has 0 saturated heterocycles. The number of halogens is 1. The van der Waals surface area contributed by atoms with E-state index in [0.29, 0.717) is 11.6 Å². The molecular weight excluding hydrogens is 227 g/mol. The average molecular weight is 246 g/mol. The molecule has 2 rings (SSSR count). The Morgan fingerprint density at radius 2 is 2.17 bits per heavy atom. The van der Waals surface area contributed by atoms with Crippen molar-refractivity contribution in [3.63, 3.8) is 0 Å². The van der Waals surface area contributed by atoms with Crippen LogP contribution >= 0.6 is 0 Å². The third-order valence-electron chi connectivity index (χ3n) is 3.91. The summed E-state index contributed by atoms with van der Waals surface area (Å²) in [5.74, 6) is 0.0360. The molecule has 1 N–H and O–H groups in total. The average Bonchev–Trinajstić information content (AvgIpc) is 2.31. The van der Waals surface area contributed by atoms with Crippen LogP contribution < -0.4 is 5.32 Å². The number of aryl methyl sites for hydroxylation is 1. The molecule has 0 aliphatic heterocycles. The van der Waals surface area contributed by atoms with Crippen LogP contribution in [0.4, 0.5) is 10.1 Å². The van der Waals surface area contributed by atoms with Crippen LogP contribution in [0.15, 0.2) is 18.2 Å². The molecule has 2 nitrogen and oxygen atoms in total. The highest BCUT2D eigenvalue weighted by atomic mass is 19.1. The molecule has 0 heterocycles. The minimum atomic E-state index is -0.543. The van der Waals surface area contributed by atoms with E-state index in [1.807, 2.05) is 13.0 Å². The molecule has 1 aliphatic rings. The van der Waals surface area contributed by atoms with E-state index in [1.165, 1.54) is 18.6 Å². The lowest BCUT2D eigenvalue weighted by molar-refractivity contribution is 0.286. The summed E-state index contributed by atoms with van der Waals surface area (Å²) in [7, 11) is 0. The first-order valence-corrected chi connectivity index (χ1v) is 6.52. The van der Waals surface area contributed by atoms with Gasteiger partial charge in [-0.05, 0) is 49.4 Å². The van der Waals surface area contributed by atoms with E-state index < -0.39 is 5.54 Å².